The summed E-state index contributed by atoms with van der Waals surface area (Å²) < 4.78 is 14.7. The molecular formula is C9H20N2OS. The van der Waals surface area contributed by atoms with Gasteiger partial charge in [-0.2, -0.15) is 0 Å². The molecule has 1 rings (SSSR count). The maximum Gasteiger partial charge on any atom is 0.0975 e. The molecule has 3 N–H and O–H groups in total. The SMILES string of the molecule is CC1(NS(=O)C(C)(C)C)CC(N)C1. The van der Waals surface area contributed by atoms with E-state index in [0.717, 1.165) is 12.8 Å². The molecule has 0 aromatic rings. The summed E-state index contributed by atoms with van der Waals surface area (Å²) in [4.78, 5) is 0. The van der Waals surface area contributed by atoms with Crippen molar-refractivity contribution in [1.29, 1.82) is 0 Å². The highest BCUT2D eigenvalue weighted by molar-refractivity contribution is 7.84. The van der Waals surface area contributed by atoms with Gasteiger partial charge in [-0.15, -0.1) is 0 Å². The van der Waals surface area contributed by atoms with E-state index < -0.39 is 11.0 Å². The molecule has 0 amide bonds. The van der Waals surface area contributed by atoms with Crippen molar-refractivity contribution >= 4 is 11.0 Å². The zero-order chi connectivity index (χ0) is 10.3. The van der Waals surface area contributed by atoms with E-state index in [1.165, 1.54) is 0 Å². The fourth-order valence-electron chi connectivity index (χ4n) is 1.56. The Morgan fingerprint density at radius 2 is 1.92 bits per heavy atom. The van der Waals surface area contributed by atoms with Gasteiger partial charge in [-0.1, -0.05) is 0 Å². The van der Waals surface area contributed by atoms with E-state index in [1.807, 2.05) is 20.8 Å². The minimum atomic E-state index is -0.976. The number of rotatable bonds is 2. The summed E-state index contributed by atoms with van der Waals surface area (Å²) in [5.41, 5.74) is 5.70. The van der Waals surface area contributed by atoms with Gasteiger partial charge < -0.3 is 5.73 Å². The van der Waals surface area contributed by atoms with Crippen LogP contribution in [0.25, 0.3) is 0 Å². The molecule has 0 spiro atoms. The molecule has 1 atom stereocenters. The Labute approximate surface area is 83.1 Å². The molecule has 0 bridgehead atoms. The van der Waals surface area contributed by atoms with Gasteiger partial charge in [0.2, 0.25) is 0 Å². The zero-order valence-corrected chi connectivity index (χ0v) is 9.70. The van der Waals surface area contributed by atoms with Crippen molar-refractivity contribution in [2.75, 3.05) is 0 Å². The highest BCUT2D eigenvalue weighted by Gasteiger charge is 2.40. The van der Waals surface area contributed by atoms with Crippen LogP contribution in [-0.4, -0.2) is 20.5 Å². The number of nitrogens with two attached hydrogens (primary N) is 1. The average molecular weight is 204 g/mol. The lowest BCUT2D eigenvalue weighted by Gasteiger charge is -2.44. The lowest BCUT2D eigenvalue weighted by molar-refractivity contribution is 0.210. The smallest absolute Gasteiger partial charge is 0.0975 e. The van der Waals surface area contributed by atoms with E-state index in [4.69, 9.17) is 5.73 Å². The second-order valence-corrected chi connectivity index (χ2v) is 7.18. The number of hydrogen-bond donors (Lipinski definition) is 2. The molecule has 3 nitrogen and oxygen atoms in total. The molecule has 1 unspecified atom stereocenters. The van der Waals surface area contributed by atoms with Crippen LogP contribution in [-0.2, 0) is 11.0 Å². The van der Waals surface area contributed by atoms with Crippen LogP contribution in [0.2, 0.25) is 0 Å². The minimum Gasteiger partial charge on any atom is -0.328 e. The molecule has 4 heteroatoms. The molecule has 78 valence electrons. The van der Waals surface area contributed by atoms with Crippen LogP contribution < -0.4 is 10.5 Å². The van der Waals surface area contributed by atoms with Crippen molar-refractivity contribution < 1.29 is 4.21 Å². The van der Waals surface area contributed by atoms with Crippen LogP contribution in [0.15, 0.2) is 0 Å². The molecule has 13 heavy (non-hydrogen) atoms. The van der Waals surface area contributed by atoms with Crippen molar-refractivity contribution in [3.63, 3.8) is 0 Å². The van der Waals surface area contributed by atoms with Crippen LogP contribution in [0.5, 0.6) is 0 Å². The van der Waals surface area contributed by atoms with Crippen LogP contribution in [0, 0.1) is 0 Å². The molecular weight excluding hydrogens is 184 g/mol. The summed E-state index contributed by atoms with van der Waals surface area (Å²) in [6.07, 6.45) is 1.85. The third-order valence-corrected chi connectivity index (χ3v) is 4.11. The van der Waals surface area contributed by atoms with Crippen molar-refractivity contribution in [3.8, 4) is 0 Å². The first-order chi connectivity index (χ1) is 5.73. The normalized spacial score (nSPS) is 36.8. The van der Waals surface area contributed by atoms with E-state index in [2.05, 4.69) is 11.6 Å². The summed E-state index contributed by atoms with van der Waals surface area (Å²) in [6.45, 7) is 7.99. The lowest BCUT2D eigenvalue weighted by atomic mass is 9.76. The predicted molar refractivity (Wildman–Crippen MR) is 56.6 cm³/mol. The molecule has 1 aliphatic carbocycles. The Morgan fingerprint density at radius 3 is 2.23 bits per heavy atom. The Hall–Kier alpha value is 0.0700. The molecule has 0 saturated heterocycles. The topological polar surface area (TPSA) is 55.1 Å². The molecule has 1 saturated carbocycles. The second kappa shape index (κ2) is 3.33. The minimum absolute atomic E-state index is 0.00242. The number of hydrogen-bond acceptors (Lipinski definition) is 2. The molecule has 1 aliphatic rings. The summed E-state index contributed by atoms with van der Waals surface area (Å²) >= 11 is 0. The second-order valence-electron chi connectivity index (χ2n) is 5.21. The maximum absolute atomic E-state index is 11.7. The van der Waals surface area contributed by atoms with E-state index in [0.29, 0.717) is 0 Å². The van der Waals surface area contributed by atoms with Crippen molar-refractivity contribution in [1.82, 2.24) is 4.72 Å². The summed E-state index contributed by atoms with van der Waals surface area (Å²) in [6, 6.07) is 0.287. The maximum atomic E-state index is 11.7. The van der Waals surface area contributed by atoms with Gasteiger partial charge in [0.25, 0.3) is 0 Å². The monoisotopic (exact) mass is 204 g/mol. The van der Waals surface area contributed by atoms with Gasteiger partial charge in [0, 0.05) is 11.6 Å². The largest absolute Gasteiger partial charge is 0.328 e. The molecule has 0 heterocycles. The lowest BCUT2D eigenvalue weighted by Crippen LogP contribution is -2.60. The van der Waals surface area contributed by atoms with E-state index in [1.54, 1.807) is 0 Å². The first kappa shape index (κ1) is 11.1. The average Bonchev–Trinajstić information content (AvgIpc) is 1.81. The predicted octanol–water partition coefficient (Wildman–Crippen LogP) is 0.918. The van der Waals surface area contributed by atoms with Gasteiger partial charge in [-0.3, -0.25) is 0 Å². The van der Waals surface area contributed by atoms with Crippen molar-refractivity contribution in [2.24, 2.45) is 5.73 Å². The van der Waals surface area contributed by atoms with Crippen LogP contribution in [0.4, 0.5) is 0 Å². The molecule has 0 radical (unpaired) electrons. The van der Waals surface area contributed by atoms with E-state index in [-0.39, 0.29) is 16.3 Å². The first-order valence-electron chi connectivity index (χ1n) is 4.68. The van der Waals surface area contributed by atoms with Gasteiger partial charge in [0.1, 0.15) is 0 Å². The molecule has 0 aromatic heterocycles. The van der Waals surface area contributed by atoms with E-state index in [9.17, 15) is 4.21 Å². The quantitative estimate of drug-likeness (QED) is 0.702. The fraction of sp³-hybridized carbons (Fsp3) is 1.00. The molecule has 0 aromatic carbocycles. The molecule has 0 aliphatic heterocycles. The Kier molecular flexibility index (Phi) is 2.86. The van der Waals surface area contributed by atoms with Crippen LogP contribution in [0.3, 0.4) is 0 Å². The van der Waals surface area contributed by atoms with Gasteiger partial charge >= 0.3 is 0 Å². The standard InChI is InChI=1S/C9H20N2OS/c1-8(2,3)13(12)11-9(4)5-7(10)6-9/h7,11H,5-6,10H2,1-4H3. The summed E-state index contributed by atoms with van der Waals surface area (Å²) in [7, 11) is -0.976. The van der Waals surface area contributed by atoms with Crippen molar-refractivity contribution in [3.05, 3.63) is 0 Å². The van der Waals surface area contributed by atoms with Gasteiger partial charge in [0.15, 0.2) is 0 Å². The van der Waals surface area contributed by atoms with E-state index >= 15 is 0 Å². The van der Waals surface area contributed by atoms with Crippen LogP contribution in [0.1, 0.15) is 40.5 Å². The summed E-state index contributed by atoms with van der Waals surface area (Å²) in [5, 5.41) is 0. The number of nitrogens with one attached hydrogen (secondary N) is 1. The zero-order valence-electron chi connectivity index (χ0n) is 8.89. The van der Waals surface area contributed by atoms with Gasteiger partial charge in [0.05, 0.1) is 15.7 Å². The van der Waals surface area contributed by atoms with Crippen molar-refractivity contribution in [2.45, 2.75) is 56.9 Å². The van der Waals surface area contributed by atoms with Gasteiger partial charge in [-0.05, 0) is 40.5 Å². The van der Waals surface area contributed by atoms with Crippen LogP contribution >= 0.6 is 0 Å². The Morgan fingerprint density at radius 1 is 1.46 bits per heavy atom. The molecule has 1 fully saturated rings. The highest BCUT2D eigenvalue weighted by Crippen LogP contribution is 2.31. The van der Waals surface area contributed by atoms with Gasteiger partial charge in [-0.25, -0.2) is 8.93 Å². The fourth-order valence-corrected chi connectivity index (χ4v) is 2.48. The third-order valence-electron chi connectivity index (χ3n) is 2.32. The highest BCUT2D eigenvalue weighted by atomic mass is 32.2. The third kappa shape index (κ3) is 2.76. The Balaban J connectivity index is 2.46. The first-order valence-corrected chi connectivity index (χ1v) is 5.83. The summed E-state index contributed by atoms with van der Waals surface area (Å²) in [5.74, 6) is 0. The Bertz CT molecular complexity index is 216.